The van der Waals surface area contributed by atoms with E-state index in [1.165, 1.54) is 55.7 Å². The van der Waals surface area contributed by atoms with Crippen molar-refractivity contribution in [2.24, 2.45) is 0 Å². The average Bonchev–Trinajstić information content (AvgIpc) is 1.71. The van der Waals surface area contributed by atoms with E-state index in [-0.39, 0.29) is 81.1 Å². The van der Waals surface area contributed by atoms with Crippen LogP contribution in [0.1, 0.15) is 89.4 Å². The zero-order valence-corrected chi connectivity index (χ0v) is 76.9. The number of amides is 8. The number of fused-ring (bicyclic) bond motifs is 8. The molecule has 8 unspecified atom stereocenters. The van der Waals surface area contributed by atoms with Crippen molar-refractivity contribution in [3.63, 3.8) is 0 Å². The summed E-state index contributed by atoms with van der Waals surface area (Å²) in [5.41, 5.74) is 32.7. The van der Waals surface area contributed by atoms with Crippen LogP contribution in [0.3, 0.4) is 0 Å². The van der Waals surface area contributed by atoms with Crippen LogP contribution in [0.25, 0.3) is 48.6 Å². The first-order chi connectivity index (χ1) is 65.9. The first-order valence-electron chi connectivity index (χ1n) is 44.2. The second kappa shape index (κ2) is 42.5. The Balaban J connectivity index is 0.000000108. The molecule has 688 valence electrons. The Labute approximate surface area is 799 Å². The van der Waals surface area contributed by atoms with Crippen molar-refractivity contribution in [1.82, 2.24) is 98.4 Å². The third-order valence-corrected chi connectivity index (χ3v) is 28.3. The highest BCUT2D eigenvalue weighted by atomic mass is 32.2. The molecule has 8 amide bonds. The fraction of sp³-hybridized carbons (Fsp3) is 0.231. The maximum Gasteiger partial charge on any atom is 0.257 e. The molecule has 8 fully saturated rings. The monoisotopic (exact) mass is 1870 g/mol. The van der Waals surface area contributed by atoms with Crippen molar-refractivity contribution in [3.8, 4) is 0 Å². The standard InChI is InChI=1S/3C13H13N3O.2C13H12N2O2.3C13H12N2OS/c2*1-8-6-15-12(13(17)16-8)10-4-9-2-3-14-7-11(9)5-10;1-8-7-15-12(13(17)16-8)10-5-9-3-2-4-14-11(9)6-10;1-8-7-17-12(13(16)15-8)10-4-9-2-3-14-6-11(9)5-10;1-8-7-17-12(13(16)15-8)10-5-9-3-2-4-14-11(9)6-10;2*1-8-7-17-12(13(16)15-8)10-4-9-2-3-14-6-11(9)5-10;1-8-7-17-12(13(16)15-8)10-5-9-3-2-4-14-11(9)6-10/h2-3,5,7,12,15H,1,4,6H2,(H,16,17);2-4,7,12,15H,1,5-6H2,(H,16,17);2-4,6,12,15H,1,5,7H2,(H,16,17);2-3,5-6,12H,1,4,7H2,(H,15,16);2-4,6,12H,1,5,7H2,(H,15,16);2-3,5-6,12H,1,4,7H2,(H,15,16);2*2-4,6,12H,1,5,7H2,(H,15,16). The molecule has 0 bridgehead atoms. The summed E-state index contributed by atoms with van der Waals surface area (Å²) in [6.45, 7) is 32.5. The fourth-order valence-corrected chi connectivity index (χ4v) is 20.7. The molecule has 0 saturated carbocycles. The summed E-state index contributed by atoms with van der Waals surface area (Å²) < 4.78 is 11.0. The zero-order valence-electron chi connectivity index (χ0n) is 74.4. The van der Waals surface area contributed by atoms with Crippen LogP contribution in [0.4, 0.5) is 0 Å². The van der Waals surface area contributed by atoms with E-state index in [4.69, 9.17) is 9.47 Å². The fourth-order valence-electron chi connectivity index (χ4n) is 17.7. The number of nitrogens with zero attached hydrogens (tertiary/aromatic N) is 8. The Bertz CT molecular complexity index is 5450. The molecule has 29 nitrogen and oxygen atoms in total. The van der Waals surface area contributed by atoms with E-state index < -0.39 is 12.2 Å². The lowest BCUT2D eigenvalue weighted by atomic mass is 10.0. The van der Waals surface area contributed by atoms with Crippen LogP contribution < -0.4 is 58.5 Å². The molecule has 8 aromatic rings. The maximum atomic E-state index is 11.9. The number of ether oxygens (including phenoxy) is 2. The van der Waals surface area contributed by atoms with Crippen LogP contribution in [0.2, 0.25) is 0 Å². The third kappa shape index (κ3) is 22.5. The molecular weight excluding hydrogens is 1770 g/mol. The molecule has 0 aromatic carbocycles. The van der Waals surface area contributed by atoms with E-state index in [1.54, 1.807) is 84.9 Å². The van der Waals surface area contributed by atoms with Gasteiger partial charge in [0, 0.05) is 163 Å². The van der Waals surface area contributed by atoms with Crippen LogP contribution in [-0.4, -0.2) is 183 Å². The molecule has 0 spiro atoms. The molecule has 16 aliphatic rings. The number of nitrogens with one attached hydrogen (secondary N) is 11. The molecule has 8 aromatic heterocycles. The van der Waals surface area contributed by atoms with E-state index in [2.05, 4.69) is 175 Å². The predicted octanol–water partition coefficient (Wildman–Crippen LogP) is 9.27. The lowest BCUT2D eigenvalue weighted by Crippen LogP contribution is -2.52. The molecule has 8 aliphatic carbocycles. The van der Waals surface area contributed by atoms with Gasteiger partial charge in [0.1, 0.15) is 33.9 Å². The van der Waals surface area contributed by atoms with E-state index in [1.807, 2.05) is 122 Å². The van der Waals surface area contributed by atoms with Gasteiger partial charge >= 0.3 is 0 Å². The van der Waals surface area contributed by atoms with Gasteiger partial charge in [0.15, 0.2) is 12.2 Å². The largest absolute Gasteiger partial charge is 0.358 e. The van der Waals surface area contributed by atoms with Crippen LogP contribution in [0.5, 0.6) is 0 Å². The van der Waals surface area contributed by atoms with Crippen molar-refractivity contribution in [3.05, 3.63) is 379 Å². The second-order valence-corrected chi connectivity index (χ2v) is 37.6. The van der Waals surface area contributed by atoms with Crippen molar-refractivity contribution < 1.29 is 47.8 Å². The normalized spacial score (nSPS) is 23.1. The highest BCUT2D eigenvalue weighted by molar-refractivity contribution is 8.01. The number of morpholine rings is 2. The van der Waals surface area contributed by atoms with Crippen molar-refractivity contribution in [1.29, 1.82) is 0 Å². The number of hydrogen-bond acceptors (Lipinski definition) is 24. The van der Waals surface area contributed by atoms with E-state index >= 15 is 0 Å². The molecule has 11 N–H and O–H groups in total. The maximum absolute atomic E-state index is 11.9. The minimum absolute atomic E-state index is 0.0201. The summed E-state index contributed by atoms with van der Waals surface area (Å²) in [5.74, 6) is 2.19. The van der Waals surface area contributed by atoms with Gasteiger partial charge in [-0.1, -0.05) is 101 Å². The number of hydrogen-bond donors (Lipinski definition) is 11. The number of aromatic nitrogens is 8. The SMILES string of the molecule is C=C1CNC(C2=Cc3ccncc3C2)C(=O)N1.C=C1CNC(C2=Cc3cnccc3C2)C(=O)N1.C=C1CNC(C2=Cc3ncccc3C2)C(=O)N1.C=C1COC(C2=Cc3cnccc3C2)C(=O)N1.C=C1COC(C2=Cc3ncccc3C2)C(=O)N1.C=C1CSC(C2=Cc3ccncc3C2)C(=O)N1.C=C1CSC(C2=Cc3cnccc3C2)C(=O)N1.C=C1CSC(C2=Cc3ncccc3C2)C(=O)N1. The van der Waals surface area contributed by atoms with Crippen LogP contribution in [0.15, 0.2) is 290 Å². The minimum atomic E-state index is -0.505. The van der Waals surface area contributed by atoms with Crippen molar-refractivity contribution in [2.45, 2.75) is 97.4 Å². The highest BCUT2D eigenvalue weighted by Crippen LogP contribution is 2.39. The van der Waals surface area contributed by atoms with Gasteiger partial charge in [0.05, 0.1) is 30.3 Å². The molecule has 8 aliphatic heterocycles. The van der Waals surface area contributed by atoms with Gasteiger partial charge in [-0.25, -0.2) is 0 Å². The van der Waals surface area contributed by atoms with Crippen molar-refractivity contribution in [2.75, 3.05) is 50.1 Å². The number of carbonyl (C=O) groups is 8. The van der Waals surface area contributed by atoms with Crippen LogP contribution in [-0.2, 0) is 99.2 Å². The summed E-state index contributed by atoms with van der Waals surface area (Å²) in [6.07, 6.45) is 45.1. The molecule has 136 heavy (non-hydrogen) atoms. The summed E-state index contributed by atoms with van der Waals surface area (Å²) in [4.78, 5) is 128. The molecule has 8 atom stereocenters. The summed E-state index contributed by atoms with van der Waals surface area (Å²) in [6, 6.07) is 21.1. The smallest absolute Gasteiger partial charge is 0.257 e. The molecule has 16 heterocycles. The predicted molar refractivity (Wildman–Crippen MR) is 529 cm³/mol. The van der Waals surface area contributed by atoms with Crippen LogP contribution in [0, 0.1) is 0 Å². The Morgan fingerprint density at radius 2 is 0.544 bits per heavy atom. The number of rotatable bonds is 8. The number of piperazine rings is 3. The Morgan fingerprint density at radius 1 is 0.265 bits per heavy atom. The summed E-state index contributed by atoms with van der Waals surface area (Å²) in [5, 5.41) is 31.6. The second-order valence-electron chi connectivity index (χ2n) is 34.3. The molecule has 24 rings (SSSR count). The quantitative estimate of drug-likeness (QED) is 0.0674. The van der Waals surface area contributed by atoms with Crippen molar-refractivity contribution >= 4 is 131 Å². The Hall–Kier alpha value is -14.4. The summed E-state index contributed by atoms with van der Waals surface area (Å²) in [7, 11) is 0. The first kappa shape index (κ1) is 93.5. The van der Waals surface area contributed by atoms with E-state index in [0.717, 1.165) is 181 Å². The molecule has 0 radical (unpaired) electrons. The Kier molecular flexibility index (Phi) is 29.2. The molecule has 32 heteroatoms. The number of thioether (sulfide) groups is 3. The van der Waals surface area contributed by atoms with Gasteiger partial charge in [0.2, 0.25) is 35.4 Å². The van der Waals surface area contributed by atoms with Gasteiger partial charge in [0.25, 0.3) is 11.8 Å². The number of pyridine rings is 8. The van der Waals surface area contributed by atoms with Gasteiger partial charge in [-0.3, -0.25) is 94.2 Å². The average molecular weight is 1870 g/mol. The molecule has 8 saturated heterocycles. The minimum Gasteiger partial charge on any atom is -0.358 e. The lowest BCUT2D eigenvalue weighted by Gasteiger charge is -2.26. The first-order valence-corrected chi connectivity index (χ1v) is 47.3. The molecular formula is C104H99N19O10S3. The third-order valence-electron chi connectivity index (χ3n) is 24.2. The van der Waals surface area contributed by atoms with E-state index in [9.17, 15) is 38.4 Å². The summed E-state index contributed by atoms with van der Waals surface area (Å²) >= 11 is 4.93. The van der Waals surface area contributed by atoms with Gasteiger partial charge in [-0.05, 0) is 235 Å². The van der Waals surface area contributed by atoms with E-state index in [0.29, 0.717) is 44.2 Å². The Morgan fingerprint density at radius 3 is 0.926 bits per heavy atom. The zero-order chi connectivity index (χ0) is 94.6. The van der Waals surface area contributed by atoms with Crippen LogP contribution >= 0.6 is 35.3 Å². The number of carbonyl (C=O) groups excluding carboxylic acids is 8. The van der Waals surface area contributed by atoms with Gasteiger partial charge < -0.3 is 52.0 Å². The lowest BCUT2D eigenvalue weighted by molar-refractivity contribution is -0.133. The van der Waals surface area contributed by atoms with Gasteiger partial charge in [-0.2, -0.15) is 0 Å². The topological polar surface area (TPSA) is 390 Å². The highest BCUT2D eigenvalue weighted by Gasteiger charge is 2.39. The van der Waals surface area contributed by atoms with Gasteiger partial charge in [-0.15, -0.1) is 35.3 Å².